The van der Waals surface area contributed by atoms with E-state index in [1.165, 1.54) is 0 Å². The Kier molecular flexibility index (Phi) is 9.22. The zero-order valence-electron chi connectivity index (χ0n) is 18.6. The molecule has 2 aromatic carbocycles. The van der Waals surface area contributed by atoms with Gasteiger partial charge in [0.2, 0.25) is 5.91 Å². The van der Waals surface area contributed by atoms with Gasteiger partial charge < -0.3 is 26.6 Å². The van der Waals surface area contributed by atoms with Gasteiger partial charge in [0.25, 0.3) is 11.8 Å². The number of carbonyl (C=O) groups is 3. The summed E-state index contributed by atoms with van der Waals surface area (Å²) in [6, 6.07) is 14.4. The fraction of sp³-hybridized carbons (Fsp3) is 0.304. The number of hydrogen-bond donors (Lipinski definition) is 4. The number of guanidine groups is 1. The number of nitrogens with zero attached hydrogens (tertiary/aromatic N) is 2. The minimum absolute atomic E-state index is 0.0317. The van der Waals surface area contributed by atoms with Crippen LogP contribution in [0.3, 0.4) is 0 Å². The Morgan fingerprint density at radius 2 is 1.47 bits per heavy atom. The van der Waals surface area contributed by atoms with Crippen molar-refractivity contribution in [2.75, 3.05) is 27.2 Å². The quantitative estimate of drug-likeness (QED) is 0.341. The summed E-state index contributed by atoms with van der Waals surface area (Å²) < 4.78 is 0. The lowest BCUT2D eigenvalue weighted by molar-refractivity contribution is -0.117. The summed E-state index contributed by atoms with van der Waals surface area (Å²) >= 11 is 0. The molecule has 170 valence electrons. The predicted octanol–water partition coefficient (Wildman–Crippen LogP) is 0.859. The van der Waals surface area contributed by atoms with Gasteiger partial charge in [-0.05, 0) is 42.3 Å². The molecule has 0 saturated carbocycles. The second kappa shape index (κ2) is 12.1. The van der Waals surface area contributed by atoms with Gasteiger partial charge in [-0.25, -0.2) is 4.99 Å². The Balaban J connectivity index is 1.94. The molecule has 0 aromatic heterocycles. The van der Waals surface area contributed by atoms with E-state index in [-0.39, 0.29) is 18.4 Å². The molecule has 0 radical (unpaired) electrons. The number of benzene rings is 2. The van der Waals surface area contributed by atoms with Crippen LogP contribution in [-0.2, 0) is 17.9 Å². The third kappa shape index (κ3) is 7.75. The fourth-order valence-electron chi connectivity index (χ4n) is 2.75. The first-order chi connectivity index (χ1) is 15.3. The lowest BCUT2D eigenvalue weighted by atomic mass is 10.1. The maximum Gasteiger partial charge on any atom is 0.253 e. The lowest BCUT2D eigenvalue weighted by Crippen LogP contribution is -2.36. The molecule has 3 amide bonds. The molecule has 0 aliphatic heterocycles. The van der Waals surface area contributed by atoms with E-state index in [0.717, 1.165) is 11.1 Å². The average Bonchev–Trinajstić information content (AvgIpc) is 2.79. The van der Waals surface area contributed by atoms with E-state index in [1.807, 2.05) is 43.3 Å². The van der Waals surface area contributed by atoms with Gasteiger partial charge in [0.05, 0.1) is 13.1 Å². The van der Waals surface area contributed by atoms with E-state index in [1.54, 1.807) is 31.1 Å². The molecule has 0 heterocycles. The van der Waals surface area contributed by atoms with E-state index >= 15 is 0 Å². The van der Waals surface area contributed by atoms with Crippen molar-refractivity contribution in [3.63, 3.8) is 0 Å². The van der Waals surface area contributed by atoms with Crippen molar-refractivity contribution in [2.45, 2.75) is 20.0 Å². The number of amides is 3. The molecule has 0 saturated heterocycles. The Hall–Kier alpha value is -3.88. The first kappa shape index (κ1) is 24.4. The van der Waals surface area contributed by atoms with Crippen molar-refractivity contribution in [1.29, 1.82) is 0 Å². The van der Waals surface area contributed by atoms with Crippen molar-refractivity contribution in [3.05, 3.63) is 70.8 Å². The zero-order valence-corrected chi connectivity index (χ0v) is 18.6. The molecule has 0 aliphatic carbocycles. The van der Waals surface area contributed by atoms with Gasteiger partial charge in [-0.2, -0.15) is 0 Å². The van der Waals surface area contributed by atoms with Crippen LogP contribution in [0, 0.1) is 0 Å². The first-order valence-corrected chi connectivity index (χ1v) is 10.3. The zero-order chi connectivity index (χ0) is 23.5. The highest BCUT2D eigenvalue weighted by molar-refractivity contribution is 5.96. The molecule has 9 heteroatoms. The van der Waals surface area contributed by atoms with Crippen molar-refractivity contribution in [3.8, 4) is 0 Å². The van der Waals surface area contributed by atoms with Gasteiger partial charge in [0, 0.05) is 38.3 Å². The van der Waals surface area contributed by atoms with Gasteiger partial charge >= 0.3 is 0 Å². The maximum absolute atomic E-state index is 12.0. The standard InChI is InChI=1S/C23H30N6O3/c1-4-25-23(28-14-17-7-11-19(12-8-17)22(32)29(2)3)27-13-16-5-9-18(10-6-16)21(31)26-15-20(24)30/h5-12H,4,13-15H2,1-3H3,(H2,24,30)(H,26,31)(H2,25,27,28). The van der Waals surface area contributed by atoms with Crippen LogP contribution in [0.1, 0.15) is 38.8 Å². The molecule has 5 N–H and O–H groups in total. The van der Waals surface area contributed by atoms with Crippen molar-refractivity contribution in [1.82, 2.24) is 20.9 Å². The molecule has 0 unspecified atom stereocenters. The van der Waals surface area contributed by atoms with E-state index in [4.69, 9.17) is 5.73 Å². The molecular weight excluding hydrogens is 408 g/mol. The van der Waals surface area contributed by atoms with Crippen molar-refractivity contribution in [2.24, 2.45) is 10.7 Å². The maximum atomic E-state index is 12.0. The van der Waals surface area contributed by atoms with Crippen LogP contribution in [0.5, 0.6) is 0 Å². The lowest BCUT2D eigenvalue weighted by Gasteiger charge is -2.13. The number of aliphatic imine (C=N–C) groups is 1. The summed E-state index contributed by atoms with van der Waals surface area (Å²) in [6.07, 6.45) is 0. The highest BCUT2D eigenvalue weighted by Gasteiger charge is 2.08. The van der Waals surface area contributed by atoms with Gasteiger partial charge in [0.15, 0.2) is 5.96 Å². The molecule has 2 aromatic rings. The fourth-order valence-corrected chi connectivity index (χ4v) is 2.75. The molecule has 9 nitrogen and oxygen atoms in total. The number of nitrogens with one attached hydrogen (secondary N) is 3. The van der Waals surface area contributed by atoms with Crippen molar-refractivity contribution >= 4 is 23.7 Å². The minimum atomic E-state index is -0.592. The van der Waals surface area contributed by atoms with Gasteiger partial charge in [-0.3, -0.25) is 14.4 Å². The second-order valence-electron chi connectivity index (χ2n) is 7.29. The van der Waals surface area contributed by atoms with E-state index in [9.17, 15) is 14.4 Å². The van der Waals surface area contributed by atoms with E-state index in [0.29, 0.717) is 36.7 Å². The summed E-state index contributed by atoms with van der Waals surface area (Å²) in [5.41, 5.74) is 8.08. The Morgan fingerprint density at radius 3 is 2.03 bits per heavy atom. The van der Waals surface area contributed by atoms with Crippen molar-refractivity contribution < 1.29 is 14.4 Å². The Morgan fingerprint density at radius 1 is 0.875 bits per heavy atom. The van der Waals surface area contributed by atoms with Crippen LogP contribution < -0.4 is 21.7 Å². The van der Waals surface area contributed by atoms with Crippen LogP contribution in [0.25, 0.3) is 0 Å². The first-order valence-electron chi connectivity index (χ1n) is 10.3. The third-order valence-electron chi connectivity index (χ3n) is 4.47. The summed E-state index contributed by atoms with van der Waals surface area (Å²) in [6.45, 7) is 3.48. The van der Waals surface area contributed by atoms with Crippen LogP contribution in [0.15, 0.2) is 53.5 Å². The monoisotopic (exact) mass is 438 g/mol. The highest BCUT2D eigenvalue weighted by atomic mass is 16.2. The smallest absolute Gasteiger partial charge is 0.253 e. The molecule has 32 heavy (non-hydrogen) atoms. The topological polar surface area (TPSA) is 129 Å². The van der Waals surface area contributed by atoms with Crippen LogP contribution in [-0.4, -0.2) is 55.8 Å². The molecule has 0 aliphatic rings. The minimum Gasteiger partial charge on any atom is -0.368 e. The van der Waals surface area contributed by atoms with Gasteiger partial charge in [-0.1, -0.05) is 24.3 Å². The van der Waals surface area contributed by atoms with E-state index in [2.05, 4.69) is 20.9 Å². The largest absolute Gasteiger partial charge is 0.368 e. The molecule has 0 atom stereocenters. The van der Waals surface area contributed by atoms with E-state index < -0.39 is 5.91 Å². The van der Waals surface area contributed by atoms with Gasteiger partial charge in [-0.15, -0.1) is 0 Å². The molecule has 0 bridgehead atoms. The normalized spacial score (nSPS) is 10.9. The Bertz CT molecular complexity index is 953. The third-order valence-corrected chi connectivity index (χ3v) is 4.47. The summed E-state index contributed by atoms with van der Waals surface area (Å²) in [7, 11) is 3.45. The number of carbonyl (C=O) groups excluding carboxylic acids is 3. The summed E-state index contributed by atoms with van der Waals surface area (Å²) in [4.78, 5) is 40.8. The summed E-state index contributed by atoms with van der Waals surface area (Å²) in [5.74, 6) is -0.321. The number of rotatable bonds is 9. The summed E-state index contributed by atoms with van der Waals surface area (Å²) in [5, 5.41) is 8.92. The van der Waals surface area contributed by atoms with Crippen LogP contribution in [0.2, 0.25) is 0 Å². The Labute approximate surface area is 188 Å². The second-order valence-corrected chi connectivity index (χ2v) is 7.29. The highest BCUT2D eigenvalue weighted by Crippen LogP contribution is 2.07. The SMILES string of the molecule is CCNC(=NCc1ccc(C(=O)NCC(N)=O)cc1)NCc1ccc(C(=O)N(C)C)cc1. The number of primary amides is 1. The molecular formula is C23H30N6O3. The molecule has 0 spiro atoms. The van der Waals surface area contributed by atoms with Crippen LogP contribution >= 0.6 is 0 Å². The van der Waals surface area contributed by atoms with Crippen LogP contribution in [0.4, 0.5) is 0 Å². The van der Waals surface area contributed by atoms with Gasteiger partial charge in [0.1, 0.15) is 0 Å². The number of hydrogen-bond acceptors (Lipinski definition) is 4. The molecule has 2 rings (SSSR count). The predicted molar refractivity (Wildman–Crippen MR) is 124 cm³/mol. The number of nitrogens with two attached hydrogens (primary N) is 1. The average molecular weight is 439 g/mol. The molecule has 0 fully saturated rings.